The van der Waals surface area contributed by atoms with Crippen molar-refractivity contribution in [1.82, 2.24) is 9.88 Å². The standard InChI is InChI=1S/C11H14N4O/c1-13-10-9(5-3-7-14-10)11(16)15(2)8-4-6-12/h3,5,7H,4,8H2,1-2H3,(H,13,14). The topological polar surface area (TPSA) is 69.0 Å². The quantitative estimate of drug-likeness (QED) is 0.821. The lowest BCUT2D eigenvalue weighted by atomic mass is 10.2. The first-order chi connectivity index (χ1) is 7.70. The average Bonchev–Trinajstić information content (AvgIpc) is 2.34. The molecular weight excluding hydrogens is 204 g/mol. The van der Waals surface area contributed by atoms with Gasteiger partial charge < -0.3 is 10.2 Å². The van der Waals surface area contributed by atoms with Crippen LogP contribution in [0, 0.1) is 11.3 Å². The minimum Gasteiger partial charge on any atom is -0.372 e. The number of anilines is 1. The Kier molecular flexibility index (Phi) is 4.28. The molecule has 0 saturated carbocycles. The third kappa shape index (κ3) is 2.70. The summed E-state index contributed by atoms with van der Waals surface area (Å²) in [4.78, 5) is 17.5. The number of pyridine rings is 1. The Bertz CT molecular complexity index is 411. The van der Waals surface area contributed by atoms with Gasteiger partial charge in [0.2, 0.25) is 0 Å². The minimum atomic E-state index is -0.132. The van der Waals surface area contributed by atoms with Gasteiger partial charge in [0, 0.05) is 26.8 Å². The highest BCUT2D eigenvalue weighted by Gasteiger charge is 2.15. The molecule has 1 rings (SSSR count). The Morgan fingerprint density at radius 3 is 3.06 bits per heavy atom. The van der Waals surface area contributed by atoms with E-state index in [0.717, 1.165) is 0 Å². The highest BCUT2D eigenvalue weighted by molar-refractivity contribution is 5.98. The van der Waals surface area contributed by atoms with Crippen LogP contribution in [0.2, 0.25) is 0 Å². The number of hydrogen-bond acceptors (Lipinski definition) is 4. The summed E-state index contributed by atoms with van der Waals surface area (Å²) < 4.78 is 0. The second-order valence-corrected chi connectivity index (χ2v) is 3.28. The molecule has 1 N–H and O–H groups in total. The van der Waals surface area contributed by atoms with Crippen molar-refractivity contribution in [3.05, 3.63) is 23.9 Å². The van der Waals surface area contributed by atoms with Gasteiger partial charge in [-0.3, -0.25) is 4.79 Å². The maximum Gasteiger partial charge on any atom is 0.257 e. The molecule has 0 spiro atoms. The Hall–Kier alpha value is -2.09. The van der Waals surface area contributed by atoms with Crippen LogP contribution in [0.3, 0.4) is 0 Å². The molecule has 1 amide bonds. The summed E-state index contributed by atoms with van der Waals surface area (Å²) in [6.45, 7) is 0.424. The highest BCUT2D eigenvalue weighted by atomic mass is 16.2. The SMILES string of the molecule is CNc1ncccc1C(=O)N(C)CCC#N. The number of nitrogens with one attached hydrogen (secondary N) is 1. The van der Waals surface area contributed by atoms with E-state index in [1.807, 2.05) is 6.07 Å². The van der Waals surface area contributed by atoms with E-state index < -0.39 is 0 Å². The van der Waals surface area contributed by atoms with Crippen molar-refractivity contribution in [1.29, 1.82) is 5.26 Å². The number of carbonyl (C=O) groups is 1. The van der Waals surface area contributed by atoms with Crippen LogP contribution in [0.4, 0.5) is 5.82 Å². The third-order valence-corrected chi connectivity index (χ3v) is 2.18. The summed E-state index contributed by atoms with van der Waals surface area (Å²) in [6, 6.07) is 5.44. The van der Waals surface area contributed by atoms with E-state index in [4.69, 9.17) is 5.26 Å². The van der Waals surface area contributed by atoms with Gasteiger partial charge in [-0.15, -0.1) is 0 Å². The molecule has 5 nitrogen and oxygen atoms in total. The fourth-order valence-corrected chi connectivity index (χ4v) is 1.30. The van der Waals surface area contributed by atoms with Gasteiger partial charge in [0.05, 0.1) is 18.1 Å². The lowest BCUT2D eigenvalue weighted by Crippen LogP contribution is -2.28. The smallest absolute Gasteiger partial charge is 0.257 e. The number of aromatic nitrogens is 1. The van der Waals surface area contributed by atoms with E-state index in [9.17, 15) is 4.79 Å². The molecule has 0 aliphatic carbocycles. The summed E-state index contributed by atoms with van der Waals surface area (Å²) in [5, 5.41) is 11.3. The van der Waals surface area contributed by atoms with Gasteiger partial charge in [-0.1, -0.05) is 0 Å². The van der Waals surface area contributed by atoms with Crippen LogP contribution in [-0.4, -0.2) is 36.4 Å². The first-order valence-corrected chi connectivity index (χ1v) is 4.96. The van der Waals surface area contributed by atoms with Gasteiger partial charge in [-0.25, -0.2) is 4.98 Å². The van der Waals surface area contributed by atoms with Gasteiger partial charge in [-0.2, -0.15) is 5.26 Å². The molecule has 0 unspecified atom stereocenters. The number of nitrogens with zero attached hydrogens (tertiary/aromatic N) is 3. The molecule has 5 heteroatoms. The first-order valence-electron chi connectivity index (χ1n) is 4.96. The molecule has 1 aromatic rings. The number of carbonyl (C=O) groups excluding carboxylic acids is 1. The zero-order valence-electron chi connectivity index (χ0n) is 9.40. The molecule has 0 fully saturated rings. The zero-order valence-corrected chi connectivity index (χ0v) is 9.40. The van der Waals surface area contributed by atoms with E-state index in [0.29, 0.717) is 24.3 Å². The molecule has 16 heavy (non-hydrogen) atoms. The Balaban J connectivity index is 2.83. The molecule has 1 aromatic heterocycles. The van der Waals surface area contributed by atoms with E-state index in [2.05, 4.69) is 10.3 Å². The third-order valence-electron chi connectivity index (χ3n) is 2.18. The highest BCUT2D eigenvalue weighted by Crippen LogP contribution is 2.12. The molecule has 0 radical (unpaired) electrons. The maximum absolute atomic E-state index is 12.0. The van der Waals surface area contributed by atoms with E-state index >= 15 is 0 Å². The molecule has 1 heterocycles. The van der Waals surface area contributed by atoms with Crippen molar-refractivity contribution in [2.45, 2.75) is 6.42 Å². The molecule has 84 valence electrons. The fourth-order valence-electron chi connectivity index (χ4n) is 1.30. The molecule has 0 saturated heterocycles. The predicted octanol–water partition coefficient (Wildman–Crippen LogP) is 1.11. The number of hydrogen-bond donors (Lipinski definition) is 1. The number of amides is 1. The van der Waals surface area contributed by atoms with Gasteiger partial charge in [0.25, 0.3) is 5.91 Å². The Morgan fingerprint density at radius 1 is 1.69 bits per heavy atom. The molecular formula is C11H14N4O. The van der Waals surface area contributed by atoms with Crippen molar-refractivity contribution >= 4 is 11.7 Å². The monoisotopic (exact) mass is 218 g/mol. The van der Waals surface area contributed by atoms with Crippen LogP contribution in [0.5, 0.6) is 0 Å². The lowest BCUT2D eigenvalue weighted by Gasteiger charge is -2.16. The lowest BCUT2D eigenvalue weighted by molar-refractivity contribution is 0.0798. The van der Waals surface area contributed by atoms with Crippen molar-refractivity contribution in [2.75, 3.05) is 26.0 Å². The second-order valence-electron chi connectivity index (χ2n) is 3.28. The van der Waals surface area contributed by atoms with E-state index in [-0.39, 0.29) is 5.91 Å². The summed E-state index contributed by atoms with van der Waals surface area (Å²) in [6.07, 6.45) is 1.95. The molecule has 0 aliphatic heterocycles. The van der Waals surface area contributed by atoms with Crippen LogP contribution in [0.25, 0.3) is 0 Å². The Morgan fingerprint density at radius 2 is 2.44 bits per heavy atom. The van der Waals surface area contributed by atoms with E-state index in [1.54, 1.807) is 32.4 Å². The largest absolute Gasteiger partial charge is 0.372 e. The molecule has 0 bridgehead atoms. The van der Waals surface area contributed by atoms with Crippen LogP contribution in [0.15, 0.2) is 18.3 Å². The summed E-state index contributed by atoms with van der Waals surface area (Å²) in [5.74, 6) is 0.420. The van der Waals surface area contributed by atoms with Crippen molar-refractivity contribution in [3.8, 4) is 6.07 Å². The van der Waals surface area contributed by atoms with Gasteiger partial charge >= 0.3 is 0 Å². The zero-order chi connectivity index (χ0) is 12.0. The van der Waals surface area contributed by atoms with Crippen LogP contribution < -0.4 is 5.32 Å². The van der Waals surface area contributed by atoms with Crippen molar-refractivity contribution in [2.24, 2.45) is 0 Å². The molecule has 0 aromatic carbocycles. The normalized spacial score (nSPS) is 9.31. The molecule has 0 atom stereocenters. The second kappa shape index (κ2) is 5.71. The van der Waals surface area contributed by atoms with Crippen LogP contribution >= 0.6 is 0 Å². The minimum absolute atomic E-state index is 0.132. The summed E-state index contributed by atoms with van der Waals surface area (Å²) in [5.41, 5.74) is 0.519. The summed E-state index contributed by atoms with van der Waals surface area (Å²) in [7, 11) is 3.39. The fraction of sp³-hybridized carbons (Fsp3) is 0.364. The predicted molar refractivity (Wildman–Crippen MR) is 61.0 cm³/mol. The van der Waals surface area contributed by atoms with Crippen LogP contribution in [-0.2, 0) is 0 Å². The van der Waals surface area contributed by atoms with Crippen molar-refractivity contribution < 1.29 is 4.79 Å². The summed E-state index contributed by atoms with van der Waals surface area (Å²) >= 11 is 0. The van der Waals surface area contributed by atoms with Crippen LogP contribution in [0.1, 0.15) is 16.8 Å². The van der Waals surface area contributed by atoms with Gasteiger partial charge in [-0.05, 0) is 12.1 Å². The Labute approximate surface area is 94.7 Å². The van der Waals surface area contributed by atoms with E-state index in [1.165, 1.54) is 4.90 Å². The number of nitriles is 1. The average molecular weight is 218 g/mol. The first kappa shape index (κ1) is 12.0. The number of rotatable bonds is 4. The van der Waals surface area contributed by atoms with Gasteiger partial charge in [0.1, 0.15) is 5.82 Å². The van der Waals surface area contributed by atoms with Crippen molar-refractivity contribution in [3.63, 3.8) is 0 Å². The maximum atomic E-state index is 12.0. The molecule has 0 aliphatic rings. The van der Waals surface area contributed by atoms with Gasteiger partial charge in [0.15, 0.2) is 0 Å².